The van der Waals surface area contributed by atoms with Gasteiger partial charge in [0.05, 0.1) is 24.3 Å². The molecule has 0 atom stereocenters. The zero-order valence-electron chi connectivity index (χ0n) is 33.4. The molecule has 0 aliphatic carbocycles. The second-order valence-corrected chi connectivity index (χ2v) is 13.6. The summed E-state index contributed by atoms with van der Waals surface area (Å²) < 4.78 is 28.0. The number of ether oxygens (including phenoxy) is 2. The second-order valence-electron chi connectivity index (χ2n) is 13.6. The van der Waals surface area contributed by atoms with E-state index in [1.54, 1.807) is 54.6 Å². The van der Waals surface area contributed by atoms with Gasteiger partial charge in [-0.3, -0.25) is 0 Å². The Balaban J connectivity index is 0.00000195. The third-order valence-electron chi connectivity index (χ3n) is 9.13. The van der Waals surface area contributed by atoms with Crippen molar-refractivity contribution in [2.45, 2.75) is 65.7 Å². The number of aryl methyl sites for hydroxylation is 1. The molecule has 0 spiro atoms. The first-order chi connectivity index (χ1) is 29.3. The van der Waals surface area contributed by atoms with Crippen LogP contribution >= 0.6 is 0 Å². The van der Waals surface area contributed by atoms with E-state index in [9.17, 15) is 9.59 Å². The van der Waals surface area contributed by atoms with Crippen LogP contribution in [0.4, 0.5) is 0 Å². The largest absolute Gasteiger partial charge is 0.462 e. The van der Waals surface area contributed by atoms with Crippen molar-refractivity contribution < 1.29 is 42.2 Å². The average Bonchev–Trinajstić information content (AvgIpc) is 4.09. The fourth-order valence-corrected chi connectivity index (χ4v) is 5.97. The summed E-state index contributed by atoms with van der Waals surface area (Å²) >= 11 is 0. The van der Waals surface area contributed by atoms with Gasteiger partial charge in [-0.2, -0.15) is 24.5 Å². The van der Waals surface area contributed by atoms with Gasteiger partial charge in [0.15, 0.2) is 0 Å². The number of carbonyl (C=O) groups excluding carboxylic acids is 4. The molecular formula is C45H42N6O9. The summed E-state index contributed by atoms with van der Waals surface area (Å²) in [4.78, 5) is 55.7. The Morgan fingerprint density at radius 3 is 1.30 bits per heavy atom. The Morgan fingerprint density at radius 2 is 0.900 bits per heavy atom. The molecule has 0 unspecified atom stereocenters. The predicted octanol–water partition coefficient (Wildman–Crippen LogP) is 9.51. The summed E-state index contributed by atoms with van der Waals surface area (Å²) in [7, 11) is 0. The van der Waals surface area contributed by atoms with Crippen molar-refractivity contribution in [2.75, 3.05) is 13.2 Å². The molecule has 0 radical (unpaired) electrons. The average molecular weight is 811 g/mol. The highest BCUT2D eigenvalue weighted by Gasteiger charge is 2.21. The van der Waals surface area contributed by atoms with Crippen molar-refractivity contribution in [3.05, 3.63) is 108 Å². The molecule has 7 rings (SSSR count). The molecule has 15 heteroatoms. The Morgan fingerprint density at radius 1 is 0.517 bits per heavy atom. The number of hydrogen-bond acceptors (Lipinski definition) is 15. The van der Waals surface area contributed by atoms with Crippen molar-refractivity contribution in [3.8, 4) is 68.5 Å². The monoisotopic (exact) mass is 810 g/mol. The lowest BCUT2D eigenvalue weighted by molar-refractivity contribution is -0.191. The first-order valence-corrected chi connectivity index (χ1v) is 19.6. The van der Waals surface area contributed by atoms with Gasteiger partial charge in [0.25, 0.3) is 17.7 Å². The Kier molecular flexibility index (Phi) is 14.7. The Hall–Kier alpha value is -7.38. The lowest BCUT2D eigenvalue weighted by Gasteiger charge is -2.04. The molecular weight excluding hydrogens is 769 g/mol. The first-order valence-electron chi connectivity index (χ1n) is 19.6. The predicted molar refractivity (Wildman–Crippen MR) is 217 cm³/mol. The number of carbonyl (C=O) groups is 2. The number of nitrogens with zero attached hydrogens (tertiary/aromatic N) is 6. The van der Waals surface area contributed by atoms with E-state index in [4.69, 9.17) is 37.6 Å². The van der Waals surface area contributed by atoms with E-state index >= 15 is 0 Å². The van der Waals surface area contributed by atoms with Gasteiger partial charge in [0.1, 0.15) is 0 Å². The van der Waals surface area contributed by atoms with Gasteiger partial charge in [-0.25, -0.2) is 9.59 Å². The molecule has 3 aromatic heterocycles. The third kappa shape index (κ3) is 10.8. The maximum atomic E-state index is 12.7. The van der Waals surface area contributed by atoms with E-state index in [2.05, 4.69) is 44.5 Å². The zero-order valence-corrected chi connectivity index (χ0v) is 33.4. The van der Waals surface area contributed by atoms with Crippen molar-refractivity contribution in [3.63, 3.8) is 0 Å². The lowest BCUT2D eigenvalue weighted by atomic mass is 10.0. The van der Waals surface area contributed by atoms with Crippen molar-refractivity contribution >= 4 is 18.1 Å². The maximum absolute atomic E-state index is 12.7. The van der Waals surface area contributed by atoms with Crippen LogP contribution in [0.2, 0.25) is 0 Å². The van der Waals surface area contributed by atoms with Crippen LogP contribution in [0, 0.1) is 0 Å². The quantitative estimate of drug-likeness (QED) is 0.0620. The van der Waals surface area contributed by atoms with Gasteiger partial charge in [-0.15, -0.1) is 0 Å². The number of hydrogen-bond donors (Lipinski definition) is 0. The number of benzene rings is 4. The van der Waals surface area contributed by atoms with E-state index in [0.29, 0.717) is 63.9 Å². The van der Waals surface area contributed by atoms with E-state index < -0.39 is 11.9 Å². The van der Waals surface area contributed by atoms with Crippen LogP contribution < -0.4 is 0 Å². The summed E-state index contributed by atoms with van der Waals surface area (Å²) in [5, 5.41) is 12.9. The second kappa shape index (κ2) is 20.9. The summed E-state index contributed by atoms with van der Waals surface area (Å²) in [5.41, 5.74) is 5.54. The molecule has 4 aromatic carbocycles. The molecule has 0 N–H and O–H groups in total. The maximum Gasteiger partial charge on any atom is 0.373 e. The standard InChI is InChI=1S/C44H42N6O7.CO2/c1-4-7-13-28-14-10-15-29(22-28)40-45-37(48-55-40)34-25-35(38-46-41(56-49-38)30-16-11-18-32(23-30)43(51)53-20-8-5-2)27-36(26-34)39-47-42(57-50-39)31-17-12-19-33(24-31)44(52)54-21-9-6-3;2-1-3/h10-12,14-19,22-27H,4-9,13,20-21H2,1-3H3;. The summed E-state index contributed by atoms with van der Waals surface area (Å²) in [6, 6.07) is 27.2. The van der Waals surface area contributed by atoms with Gasteiger partial charge >= 0.3 is 18.1 Å². The summed E-state index contributed by atoms with van der Waals surface area (Å²) in [6.45, 7) is 6.92. The minimum atomic E-state index is -0.423. The molecule has 0 fully saturated rings. The fourth-order valence-electron chi connectivity index (χ4n) is 5.97. The van der Waals surface area contributed by atoms with Crippen molar-refractivity contribution in [1.82, 2.24) is 30.4 Å². The number of unbranched alkanes of at least 4 members (excludes halogenated alkanes) is 3. The molecule has 3 heterocycles. The molecule has 15 nitrogen and oxygen atoms in total. The number of aromatic nitrogens is 6. The van der Waals surface area contributed by atoms with Gasteiger partial charge in [0.2, 0.25) is 17.5 Å². The first kappa shape index (κ1) is 42.2. The third-order valence-corrected chi connectivity index (χ3v) is 9.13. The molecule has 0 saturated carbocycles. The van der Waals surface area contributed by atoms with E-state index in [-0.39, 0.29) is 29.6 Å². The molecule has 60 heavy (non-hydrogen) atoms. The molecule has 0 amide bonds. The van der Waals surface area contributed by atoms with Gasteiger partial charge in [-0.05, 0) is 98.0 Å². The van der Waals surface area contributed by atoms with Crippen molar-refractivity contribution in [1.29, 1.82) is 0 Å². The molecule has 0 aliphatic heterocycles. The van der Waals surface area contributed by atoms with E-state index in [1.165, 1.54) is 5.56 Å². The Labute approximate surface area is 345 Å². The summed E-state index contributed by atoms with van der Waals surface area (Å²) in [6.07, 6.45) is 6.78. The lowest BCUT2D eigenvalue weighted by Crippen LogP contribution is -2.06. The van der Waals surface area contributed by atoms with E-state index in [0.717, 1.165) is 50.5 Å². The van der Waals surface area contributed by atoms with Crippen LogP contribution in [0.5, 0.6) is 0 Å². The number of rotatable bonds is 17. The molecule has 7 aromatic rings. The molecule has 0 aliphatic rings. The minimum absolute atomic E-state index is 0.208. The van der Waals surface area contributed by atoms with Crippen LogP contribution in [-0.2, 0) is 25.5 Å². The molecule has 0 saturated heterocycles. The van der Waals surface area contributed by atoms with Crippen LogP contribution in [-0.4, -0.2) is 61.7 Å². The van der Waals surface area contributed by atoms with Crippen molar-refractivity contribution in [2.24, 2.45) is 0 Å². The van der Waals surface area contributed by atoms with Crippen LogP contribution in [0.3, 0.4) is 0 Å². The smallest absolute Gasteiger partial charge is 0.373 e. The van der Waals surface area contributed by atoms with Crippen LogP contribution in [0.1, 0.15) is 85.6 Å². The van der Waals surface area contributed by atoms with Gasteiger partial charge in [0, 0.05) is 33.4 Å². The normalized spacial score (nSPS) is 10.7. The van der Waals surface area contributed by atoms with Crippen LogP contribution in [0.15, 0.2) is 105 Å². The van der Waals surface area contributed by atoms with Gasteiger partial charge in [-0.1, -0.05) is 79.8 Å². The summed E-state index contributed by atoms with van der Waals surface area (Å²) in [5.74, 6) is 0.784. The SMILES string of the molecule is CCCCOC(=O)c1cccc(-c2nc(-c3cc(-c4noc(-c5cccc(CCCC)c5)n4)cc(-c4noc(-c5cccc(C(=O)OCCCC)c5)n4)c3)no2)c1.O=C=O. The highest BCUT2D eigenvalue weighted by molar-refractivity contribution is 5.91. The van der Waals surface area contributed by atoms with E-state index in [1.807, 2.05) is 38.1 Å². The topological polar surface area (TPSA) is 203 Å². The fraction of sp³-hybridized carbons (Fsp3) is 0.267. The van der Waals surface area contributed by atoms with Gasteiger partial charge < -0.3 is 23.0 Å². The Bertz CT molecular complexity index is 2450. The van der Waals surface area contributed by atoms with Crippen LogP contribution in [0.25, 0.3) is 68.5 Å². The highest BCUT2D eigenvalue weighted by Crippen LogP contribution is 2.33. The molecule has 306 valence electrons. The number of esters is 2. The molecule has 0 bridgehead atoms. The minimum Gasteiger partial charge on any atom is -0.462 e. The highest BCUT2D eigenvalue weighted by atomic mass is 16.5. The zero-order chi connectivity index (χ0) is 42.3.